The van der Waals surface area contributed by atoms with Crippen molar-refractivity contribution < 1.29 is 45.3 Å². The van der Waals surface area contributed by atoms with Crippen LogP contribution in [0.25, 0.3) is 0 Å². The van der Waals surface area contributed by atoms with Crippen molar-refractivity contribution in [3.8, 4) is 11.5 Å². The lowest BCUT2D eigenvalue weighted by molar-refractivity contribution is -0.308. The molecule has 2 aromatic carbocycles. The predicted octanol–water partition coefficient (Wildman–Crippen LogP) is 0.693. The van der Waals surface area contributed by atoms with E-state index in [-0.39, 0.29) is 23.0 Å². The highest BCUT2D eigenvalue weighted by Gasteiger charge is 2.42. The van der Waals surface area contributed by atoms with Gasteiger partial charge in [-0.05, 0) is 62.6 Å². The number of benzene rings is 2. The third-order valence-corrected chi connectivity index (χ3v) is 8.74. The molecule has 14 heteroatoms. The molecule has 204 valence electrons. The van der Waals surface area contributed by atoms with Crippen LogP contribution in [0.4, 0.5) is 0 Å². The van der Waals surface area contributed by atoms with E-state index >= 15 is 0 Å². The molecule has 0 saturated carbocycles. The normalized spacial score (nSPS) is 24.6. The van der Waals surface area contributed by atoms with E-state index in [4.69, 9.17) is 28.4 Å². The number of rotatable bonds is 10. The van der Waals surface area contributed by atoms with Crippen LogP contribution in [0.2, 0.25) is 0 Å². The summed E-state index contributed by atoms with van der Waals surface area (Å²) in [5, 5.41) is 0. The van der Waals surface area contributed by atoms with Crippen molar-refractivity contribution in [1.29, 1.82) is 0 Å². The van der Waals surface area contributed by atoms with E-state index in [1.165, 1.54) is 38.4 Å². The Morgan fingerprint density at radius 3 is 1.30 bits per heavy atom. The van der Waals surface area contributed by atoms with Gasteiger partial charge < -0.3 is 28.4 Å². The molecule has 1 spiro atoms. The molecule has 12 nitrogen and oxygen atoms in total. The van der Waals surface area contributed by atoms with Crippen LogP contribution in [-0.2, 0) is 39.0 Å². The fraction of sp³-hybridized carbons (Fsp3) is 0.478. The van der Waals surface area contributed by atoms with Crippen LogP contribution in [0.3, 0.4) is 0 Å². The van der Waals surface area contributed by atoms with Crippen LogP contribution in [0.5, 0.6) is 11.5 Å². The summed E-state index contributed by atoms with van der Waals surface area (Å²) in [4.78, 5) is 0.293. The van der Waals surface area contributed by atoms with Crippen molar-refractivity contribution in [2.75, 3.05) is 53.7 Å². The van der Waals surface area contributed by atoms with Crippen molar-refractivity contribution in [2.45, 2.75) is 22.4 Å². The zero-order chi connectivity index (χ0) is 26.5. The Kier molecular flexibility index (Phi) is 8.70. The molecule has 37 heavy (non-hydrogen) atoms. The molecule has 0 amide bonds. The lowest BCUT2D eigenvalue weighted by atomic mass is 9.91. The highest BCUT2D eigenvalue weighted by molar-refractivity contribution is 7.89. The molecule has 0 bridgehead atoms. The van der Waals surface area contributed by atoms with Crippen molar-refractivity contribution in [1.82, 2.24) is 9.44 Å². The molecule has 0 aliphatic carbocycles. The summed E-state index contributed by atoms with van der Waals surface area (Å²) in [6, 6.07) is 12.1. The maximum absolute atomic E-state index is 11.8. The molecule has 0 atom stereocenters. The fourth-order valence-electron chi connectivity index (χ4n) is 3.61. The zero-order valence-corrected chi connectivity index (χ0v) is 22.0. The summed E-state index contributed by atoms with van der Waals surface area (Å²) in [7, 11) is -4.31. The second-order valence-electron chi connectivity index (χ2n) is 8.58. The monoisotopic (exact) mass is 558 g/mol. The number of hydrogen-bond acceptors (Lipinski definition) is 10. The number of nitrogens with one attached hydrogen (secondary N) is 2. The molecule has 0 aromatic heterocycles. The molecule has 2 aromatic rings. The molecule has 2 fully saturated rings. The van der Waals surface area contributed by atoms with Gasteiger partial charge in [0.1, 0.15) is 24.7 Å². The minimum absolute atomic E-state index is 0.140. The Balaban J connectivity index is 1.17. The summed E-state index contributed by atoms with van der Waals surface area (Å²) < 4.78 is 86.2. The van der Waals surface area contributed by atoms with Crippen LogP contribution < -0.4 is 18.9 Å². The third kappa shape index (κ3) is 6.97. The highest BCUT2D eigenvalue weighted by Crippen LogP contribution is 2.30. The van der Waals surface area contributed by atoms with Crippen LogP contribution >= 0.6 is 0 Å². The lowest BCUT2D eigenvalue weighted by Gasteiger charge is -2.43. The maximum Gasteiger partial charge on any atom is 0.240 e. The molecular formula is C23H30N2O10S2. The largest absolute Gasteiger partial charge is 0.488 e. The van der Waals surface area contributed by atoms with E-state index in [9.17, 15) is 16.8 Å². The zero-order valence-electron chi connectivity index (χ0n) is 20.4. The second-order valence-corrected chi connectivity index (χ2v) is 12.4. The van der Waals surface area contributed by atoms with Crippen LogP contribution in [0, 0.1) is 5.41 Å². The Morgan fingerprint density at radius 2 is 1.00 bits per heavy atom. The van der Waals surface area contributed by atoms with E-state index in [0.29, 0.717) is 37.9 Å². The minimum Gasteiger partial charge on any atom is -0.488 e. The summed E-state index contributed by atoms with van der Waals surface area (Å²) in [6.07, 6.45) is -1.16. The maximum atomic E-state index is 11.8. The summed E-state index contributed by atoms with van der Waals surface area (Å²) in [5.41, 5.74) is -0.445. The highest BCUT2D eigenvalue weighted by atomic mass is 32.2. The van der Waals surface area contributed by atoms with Gasteiger partial charge in [0, 0.05) is 0 Å². The topological polar surface area (TPSA) is 148 Å². The molecule has 2 aliphatic heterocycles. The minimum atomic E-state index is -3.50. The average Bonchev–Trinajstić information content (AvgIpc) is 2.93. The van der Waals surface area contributed by atoms with Gasteiger partial charge in [-0.1, -0.05) is 0 Å². The Hall–Kier alpha value is -2.30. The first-order chi connectivity index (χ1) is 17.6. The Labute approximate surface area is 216 Å². The number of hydrogen-bond donors (Lipinski definition) is 2. The van der Waals surface area contributed by atoms with Crippen molar-refractivity contribution >= 4 is 20.0 Å². The molecule has 2 N–H and O–H groups in total. The van der Waals surface area contributed by atoms with Gasteiger partial charge in [-0.3, -0.25) is 0 Å². The van der Waals surface area contributed by atoms with Gasteiger partial charge in [-0.25, -0.2) is 26.3 Å². The van der Waals surface area contributed by atoms with E-state index < -0.39 is 38.0 Å². The molecule has 2 aliphatic rings. The first kappa shape index (κ1) is 27.7. The first-order valence-corrected chi connectivity index (χ1v) is 14.4. The van der Waals surface area contributed by atoms with Crippen molar-refractivity contribution in [3.63, 3.8) is 0 Å². The quantitative estimate of drug-likeness (QED) is 0.427. The summed E-state index contributed by atoms with van der Waals surface area (Å²) in [6.45, 7) is 1.71. The Bertz CT molecular complexity index is 1130. The van der Waals surface area contributed by atoms with E-state index in [1.807, 2.05) is 0 Å². The third-order valence-electron chi connectivity index (χ3n) is 5.88. The Morgan fingerprint density at radius 1 is 0.676 bits per heavy atom. The molecular weight excluding hydrogens is 528 g/mol. The molecule has 0 radical (unpaired) electrons. The SMILES string of the molecule is CNS(=O)(=O)c1ccc(OCC2OCC3(CO2)COC(COc2ccc(S(=O)(=O)NC)cc2)OC3)cc1. The van der Waals surface area contributed by atoms with E-state index in [0.717, 1.165) is 0 Å². The molecule has 4 rings (SSSR count). The van der Waals surface area contributed by atoms with Gasteiger partial charge in [-0.2, -0.15) is 0 Å². The summed E-state index contributed by atoms with van der Waals surface area (Å²) >= 11 is 0. The van der Waals surface area contributed by atoms with E-state index in [2.05, 4.69) is 9.44 Å². The van der Waals surface area contributed by atoms with Gasteiger partial charge in [0.2, 0.25) is 20.0 Å². The first-order valence-electron chi connectivity index (χ1n) is 11.4. The van der Waals surface area contributed by atoms with Crippen LogP contribution in [0.1, 0.15) is 0 Å². The number of sulfonamides is 2. The van der Waals surface area contributed by atoms with Gasteiger partial charge in [-0.15, -0.1) is 0 Å². The van der Waals surface area contributed by atoms with Crippen molar-refractivity contribution in [3.05, 3.63) is 48.5 Å². The lowest BCUT2D eigenvalue weighted by Crippen LogP contribution is -2.53. The second kappa shape index (κ2) is 11.6. The van der Waals surface area contributed by atoms with Crippen molar-refractivity contribution in [2.24, 2.45) is 5.41 Å². The van der Waals surface area contributed by atoms with Gasteiger partial charge in [0.25, 0.3) is 0 Å². The molecule has 2 heterocycles. The van der Waals surface area contributed by atoms with Gasteiger partial charge in [0.15, 0.2) is 12.6 Å². The fourth-order valence-corrected chi connectivity index (χ4v) is 5.07. The van der Waals surface area contributed by atoms with E-state index in [1.54, 1.807) is 24.3 Å². The van der Waals surface area contributed by atoms with Gasteiger partial charge in [0.05, 0.1) is 41.6 Å². The molecule has 2 saturated heterocycles. The van der Waals surface area contributed by atoms with Crippen LogP contribution in [-0.4, -0.2) is 83.2 Å². The summed E-state index contributed by atoms with van der Waals surface area (Å²) in [5.74, 6) is 0.987. The molecule has 0 unspecified atom stereocenters. The van der Waals surface area contributed by atoms with Gasteiger partial charge >= 0.3 is 0 Å². The van der Waals surface area contributed by atoms with Crippen LogP contribution in [0.15, 0.2) is 58.3 Å². The number of ether oxygens (including phenoxy) is 6. The predicted molar refractivity (Wildman–Crippen MR) is 130 cm³/mol. The smallest absolute Gasteiger partial charge is 0.240 e. The average molecular weight is 559 g/mol. The standard InChI is InChI=1S/C23H30N2O10S2/c1-24-36(26,27)19-7-3-17(4-8-19)30-11-21-32-13-23(14-33-21)15-34-22(35-16-23)12-31-18-5-9-20(10-6-18)37(28,29)25-2/h3-10,21-22,24-25H,11-16H2,1-2H3.